The number of ether oxygens (including phenoxy) is 3. The van der Waals surface area contributed by atoms with Crippen molar-refractivity contribution >= 4 is 24.2 Å². The second kappa shape index (κ2) is 12.1. The number of aliphatic hydroxyl groups is 1. The first-order chi connectivity index (χ1) is 16.5. The third-order valence-corrected chi connectivity index (χ3v) is 4.74. The molecule has 3 atom stereocenters. The fourth-order valence-electron chi connectivity index (χ4n) is 2.98. The van der Waals surface area contributed by atoms with E-state index in [0.29, 0.717) is 0 Å². The fourth-order valence-corrected chi connectivity index (χ4v) is 2.98. The van der Waals surface area contributed by atoms with Crippen molar-refractivity contribution < 1.29 is 38.5 Å². The van der Waals surface area contributed by atoms with Crippen LogP contribution in [0.4, 0.5) is 0 Å². The van der Waals surface area contributed by atoms with Gasteiger partial charge in [-0.3, -0.25) is 4.79 Å². The van der Waals surface area contributed by atoms with Gasteiger partial charge in [0.05, 0.1) is 16.7 Å². The largest absolute Gasteiger partial charge is 0.459 e. The van der Waals surface area contributed by atoms with Crippen molar-refractivity contribution in [1.82, 2.24) is 0 Å². The molecule has 0 fully saturated rings. The maximum Gasteiger partial charge on any atom is 0.338 e. The number of benzene rings is 3. The van der Waals surface area contributed by atoms with Crippen LogP contribution in [0, 0.1) is 0 Å². The number of rotatable bonds is 10. The Morgan fingerprint density at radius 2 is 1.09 bits per heavy atom. The van der Waals surface area contributed by atoms with Crippen molar-refractivity contribution in [2.75, 3.05) is 6.61 Å². The van der Waals surface area contributed by atoms with Crippen LogP contribution in [-0.2, 0) is 19.0 Å². The quantitative estimate of drug-likeness (QED) is 0.278. The van der Waals surface area contributed by atoms with Crippen LogP contribution in [0.1, 0.15) is 31.1 Å². The molecule has 8 nitrogen and oxygen atoms in total. The second-order valence-electron chi connectivity index (χ2n) is 7.14. The van der Waals surface area contributed by atoms with E-state index in [1.54, 1.807) is 54.6 Å². The van der Waals surface area contributed by atoms with Crippen LogP contribution in [0.2, 0.25) is 0 Å². The molecule has 0 spiro atoms. The summed E-state index contributed by atoms with van der Waals surface area (Å²) in [6, 6.07) is 23.8. The molecule has 1 N–H and O–H groups in total. The lowest BCUT2D eigenvalue weighted by atomic mass is 10.1. The first kappa shape index (κ1) is 24.3. The van der Waals surface area contributed by atoms with E-state index in [2.05, 4.69) is 0 Å². The summed E-state index contributed by atoms with van der Waals surface area (Å²) in [6.07, 6.45) is -4.72. The van der Waals surface area contributed by atoms with E-state index in [4.69, 9.17) is 14.2 Å². The molecule has 3 aromatic rings. The average molecular weight is 462 g/mol. The van der Waals surface area contributed by atoms with E-state index >= 15 is 0 Å². The molecule has 8 heteroatoms. The van der Waals surface area contributed by atoms with Gasteiger partial charge >= 0.3 is 17.9 Å². The maximum absolute atomic E-state index is 12.6. The molecule has 0 aliphatic carbocycles. The Morgan fingerprint density at radius 1 is 0.676 bits per heavy atom. The van der Waals surface area contributed by atoms with Crippen LogP contribution in [-0.4, -0.2) is 54.2 Å². The van der Waals surface area contributed by atoms with Crippen molar-refractivity contribution in [3.8, 4) is 0 Å². The van der Waals surface area contributed by atoms with Crippen LogP contribution in [0.25, 0.3) is 0 Å². The molecular weight excluding hydrogens is 440 g/mol. The summed E-state index contributed by atoms with van der Waals surface area (Å²) in [7, 11) is 0. The Morgan fingerprint density at radius 3 is 1.53 bits per heavy atom. The van der Waals surface area contributed by atoms with E-state index in [0.717, 1.165) is 0 Å². The highest BCUT2D eigenvalue weighted by molar-refractivity contribution is 5.91. The minimum Gasteiger partial charge on any atom is -0.459 e. The van der Waals surface area contributed by atoms with E-state index in [-0.39, 0.29) is 23.0 Å². The standard InChI is InChI=1S/C26H22O8/c27-16-22(33-25(30)19-12-6-2-7-13-19)23(34-26(31)20-14-8-3-9-15-20)21(28)17-32-24(29)18-10-4-1-5-11-18/h1-16,21-23,28H,17H2/t21-,22-,23-/m0/s1. The number of carbonyl (C=O) groups excluding carboxylic acids is 4. The lowest BCUT2D eigenvalue weighted by Gasteiger charge is -2.27. The molecule has 0 aliphatic heterocycles. The van der Waals surface area contributed by atoms with Crippen molar-refractivity contribution in [3.63, 3.8) is 0 Å². The normalized spacial score (nSPS) is 13.1. The highest BCUT2D eigenvalue weighted by Crippen LogP contribution is 2.15. The SMILES string of the molecule is O=C[C@H](OC(=O)c1ccccc1)[C@@H](OC(=O)c1ccccc1)[C@@H](O)COC(=O)c1ccccc1. The monoisotopic (exact) mass is 462 g/mol. The molecule has 34 heavy (non-hydrogen) atoms. The summed E-state index contributed by atoms with van der Waals surface area (Å²) in [4.78, 5) is 49.1. The molecule has 3 rings (SSSR count). The van der Waals surface area contributed by atoms with Crippen LogP contribution >= 0.6 is 0 Å². The first-order valence-electron chi connectivity index (χ1n) is 10.4. The zero-order valence-electron chi connectivity index (χ0n) is 18.0. The summed E-state index contributed by atoms with van der Waals surface area (Å²) < 4.78 is 15.7. The molecule has 0 heterocycles. The molecule has 0 unspecified atom stereocenters. The second-order valence-corrected chi connectivity index (χ2v) is 7.14. The van der Waals surface area contributed by atoms with Gasteiger partial charge in [0.2, 0.25) is 0 Å². The molecule has 0 aliphatic rings. The van der Waals surface area contributed by atoms with Gasteiger partial charge in [0.25, 0.3) is 0 Å². The van der Waals surface area contributed by atoms with E-state index in [1.807, 2.05) is 0 Å². The van der Waals surface area contributed by atoms with Gasteiger partial charge in [-0.1, -0.05) is 54.6 Å². The van der Waals surface area contributed by atoms with E-state index in [1.165, 1.54) is 36.4 Å². The van der Waals surface area contributed by atoms with Crippen molar-refractivity contribution in [2.45, 2.75) is 18.3 Å². The summed E-state index contributed by atoms with van der Waals surface area (Å²) in [6.45, 7) is -0.617. The van der Waals surface area contributed by atoms with Gasteiger partial charge in [-0.05, 0) is 36.4 Å². The van der Waals surface area contributed by atoms with Gasteiger partial charge in [-0.25, -0.2) is 14.4 Å². The Labute approximate surface area is 195 Å². The van der Waals surface area contributed by atoms with Crippen LogP contribution in [0.5, 0.6) is 0 Å². The maximum atomic E-state index is 12.6. The predicted octanol–water partition coefficient (Wildman–Crippen LogP) is 2.85. The van der Waals surface area contributed by atoms with Crippen molar-refractivity contribution in [2.24, 2.45) is 0 Å². The smallest absolute Gasteiger partial charge is 0.338 e. The zero-order chi connectivity index (χ0) is 24.3. The van der Waals surface area contributed by atoms with Crippen molar-refractivity contribution in [3.05, 3.63) is 108 Å². The number of aliphatic hydroxyl groups excluding tert-OH is 1. The highest BCUT2D eigenvalue weighted by Gasteiger charge is 2.36. The van der Waals surface area contributed by atoms with Gasteiger partial charge < -0.3 is 19.3 Å². The molecule has 0 saturated carbocycles. The molecule has 0 bridgehead atoms. The molecule has 174 valence electrons. The number of aldehydes is 1. The highest BCUT2D eigenvalue weighted by atomic mass is 16.6. The van der Waals surface area contributed by atoms with E-state index in [9.17, 15) is 24.3 Å². The summed E-state index contributed by atoms with van der Waals surface area (Å²) in [5.41, 5.74) is 0.558. The number of hydrogen-bond acceptors (Lipinski definition) is 8. The minimum atomic E-state index is -1.67. The molecule has 0 radical (unpaired) electrons. The Bertz CT molecular complexity index is 1100. The van der Waals surface area contributed by atoms with Crippen LogP contribution in [0.3, 0.4) is 0 Å². The summed E-state index contributed by atoms with van der Waals surface area (Å²) in [5.74, 6) is -2.44. The molecule has 3 aromatic carbocycles. The fraction of sp³-hybridized carbons (Fsp3) is 0.154. The molecule has 0 saturated heterocycles. The van der Waals surface area contributed by atoms with E-state index < -0.39 is 42.8 Å². The number of hydrogen-bond donors (Lipinski definition) is 1. The first-order valence-corrected chi connectivity index (χ1v) is 10.4. The number of esters is 3. The number of carbonyl (C=O) groups is 4. The van der Waals surface area contributed by atoms with Crippen LogP contribution < -0.4 is 0 Å². The summed E-state index contributed by atoms with van der Waals surface area (Å²) >= 11 is 0. The Hall–Kier alpha value is -4.30. The Balaban J connectivity index is 1.76. The topological polar surface area (TPSA) is 116 Å². The molecular formula is C26H22O8. The van der Waals surface area contributed by atoms with Crippen LogP contribution in [0.15, 0.2) is 91.0 Å². The van der Waals surface area contributed by atoms with Gasteiger partial charge in [0.1, 0.15) is 12.7 Å². The van der Waals surface area contributed by atoms with Gasteiger partial charge in [-0.2, -0.15) is 0 Å². The minimum absolute atomic E-state index is 0.153. The molecule has 0 aromatic heterocycles. The van der Waals surface area contributed by atoms with Crippen molar-refractivity contribution in [1.29, 1.82) is 0 Å². The lowest BCUT2D eigenvalue weighted by molar-refractivity contribution is -0.130. The average Bonchev–Trinajstić information content (AvgIpc) is 2.90. The van der Waals surface area contributed by atoms with Gasteiger partial charge in [0, 0.05) is 0 Å². The van der Waals surface area contributed by atoms with Gasteiger partial charge in [-0.15, -0.1) is 0 Å². The lowest BCUT2D eigenvalue weighted by Crippen LogP contribution is -2.46. The predicted molar refractivity (Wildman–Crippen MR) is 120 cm³/mol. The zero-order valence-corrected chi connectivity index (χ0v) is 18.0. The Kier molecular flexibility index (Phi) is 8.65. The summed E-state index contributed by atoms with van der Waals surface area (Å²) in [5, 5.41) is 10.7. The third-order valence-electron chi connectivity index (χ3n) is 4.74. The van der Waals surface area contributed by atoms with Gasteiger partial charge in [0.15, 0.2) is 18.5 Å². The third kappa shape index (κ3) is 6.60. The molecule has 0 amide bonds.